The van der Waals surface area contributed by atoms with Gasteiger partial charge in [0.1, 0.15) is 19.8 Å². The van der Waals surface area contributed by atoms with E-state index in [1.54, 1.807) is 0 Å². The zero-order valence-electron chi connectivity index (χ0n) is 61.5. The van der Waals surface area contributed by atoms with Crippen LogP contribution in [0.5, 0.6) is 0 Å². The Morgan fingerprint density at radius 3 is 0.914 bits per heavy atom. The Balaban J connectivity index is 4.03. The van der Waals surface area contributed by atoms with Gasteiger partial charge in [0.05, 0.1) is 27.7 Å². The van der Waals surface area contributed by atoms with Crippen LogP contribution in [-0.4, -0.2) is 74.9 Å². The molecule has 0 aliphatic carbocycles. The van der Waals surface area contributed by atoms with Crippen molar-refractivity contribution >= 4 is 19.8 Å². The van der Waals surface area contributed by atoms with Gasteiger partial charge in [-0.15, -0.1) is 0 Å². The van der Waals surface area contributed by atoms with Crippen molar-refractivity contribution in [3.63, 3.8) is 0 Å². The van der Waals surface area contributed by atoms with Gasteiger partial charge in [0.25, 0.3) is 0 Å². The third-order valence-electron chi connectivity index (χ3n) is 17.1. The van der Waals surface area contributed by atoms with Crippen LogP contribution in [0.2, 0.25) is 0 Å². The summed E-state index contributed by atoms with van der Waals surface area (Å²) >= 11 is 0. The Morgan fingerprint density at radius 2 is 0.613 bits per heavy atom. The highest BCUT2D eigenvalue weighted by Crippen LogP contribution is 2.43. The molecule has 93 heavy (non-hydrogen) atoms. The first-order valence-corrected chi connectivity index (χ1v) is 40.6. The molecular weight excluding hydrogens is 1170 g/mol. The number of allylic oxidation sites excluding steroid dienone is 18. The zero-order valence-corrected chi connectivity index (χ0v) is 62.4. The Hall–Kier alpha value is -3.33. The Morgan fingerprint density at radius 1 is 0.344 bits per heavy atom. The van der Waals surface area contributed by atoms with Crippen LogP contribution in [0.25, 0.3) is 0 Å². The summed E-state index contributed by atoms with van der Waals surface area (Å²) < 4.78 is 34.8. The maximum Gasteiger partial charge on any atom is 0.472 e. The summed E-state index contributed by atoms with van der Waals surface area (Å²) in [6.45, 7) is 4.35. The number of hydrogen-bond donors (Lipinski definition) is 1. The lowest BCUT2D eigenvalue weighted by atomic mass is 10.0. The predicted molar refractivity (Wildman–Crippen MR) is 404 cm³/mol. The summed E-state index contributed by atoms with van der Waals surface area (Å²) in [5.41, 5.74) is 0. The molecule has 1 N–H and O–H groups in total. The summed E-state index contributed by atoms with van der Waals surface area (Å²) in [6, 6.07) is 0. The van der Waals surface area contributed by atoms with E-state index in [9.17, 15) is 19.0 Å². The number of hydrogen-bond acceptors (Lipinski definition) is 7. The van der Waals surface area contributed by atoms with E-state index < -0.39 is 26.5 Å². The van der Waals surface area contributed by atoms with Gasteiger partial charge < -0.3 is 18.9 Å². The van der Waals surface area contributed by atoms with Crippen molar-refractivity contribution in [2.45, 2.75) is 360 Å². The number of unbranched alkanes of at least 4 members (excludes halogenated alkanes) is 40. The van der Waals surface area contributed by atoms with Crippen LogP contribution >= 0.6 is 7.82 Å². The van der Waals surface area contributed by atoms with E-state index in [1.807, 2.05) is 21.1 Å². The summed E-state index contributed by atoms with van der Waals surface area (Å²) in [7, 11) is 1.47. The van der Waals surface area contributed by atoms with Gasteiger partial charge in [0.2, 0.25) is 0 Å². The van der Waals surface area contributed by atoms with E-state index in [2.05, 4.69) is 123 Å². The highest BCUT2D eigenvalue weighted by atomic mass is 31.2. The second-order valence-corrected chi connectivity index (χ2v) is 28.8. The molecule has 0 heterocycles. The quantitative estimate of drug-likeness (QED) is 0.0211. The molecule has 0 aliphatic heterocycles. The van der Waals surface area contributed by atoms with Crippen LogP contribution in [-0.2, 0) is 32.7 Å². The predicted octanol–water partition coefficient (Wildman–Crippen LogP) is 26.0. The van der Waals surface area contributed by atoms with Gasteiger partial charge in [-0.25, -0.2) is 4.57 Å². The first-order valence-electron chi connectivity index (χ1n) is 39.1. The van der Waals surface area contributed by atoms with E-state index in [1.165, 1.54) is 218 Å². The van der Waals surface area contributed by atoms with Gasteiger partial charge in [0.15, 0.2) is 6.10 Å². The molecule has 2 atom stereocenters. The fourth-order valence-corrected chi connectivity index (χ4v) is 11.9. The maximum absolute atomic E-state index is 12.9. The van der Waals surface area contributed by atoms with Crippen LogP contribution in [0.1, 0.15) is 354 Å². The van der Waals surface area contributed by atoms with E-state index in [-0.39, 0.29) is 32.0 Å². The summed E-state index contributed by atoms with van der Waals surface area (Å²) in [4.78, 5) is 36.0. The summed E-state index contributed by atoms with van der Waals surface area (Å²) in [5.74, 6) is -0.801. The van der Waals surface area contributed by atoms with E-state index >= 15 is 0 Å². The Labute approximate surface area is 576 Å². The van der Waals surface area contributed by atoms with Gasteiger partial charge >= 0.3 is 19.8 Å². The van der Waals surface area contributed by atoms with Crippen LogP contribution in [0, 0.1) is 0 Å². The number of carbonyl (C=O) groups excluding carboxylic acids is 2. The molecule has 10 heteroatoms. The first-order chi connectivity index (χ1) is 45.5. The molecule has 0 spiro atoms. The smallest absolute Gasteiger partial charge is 0.462 e. The number of carbonyl (C=O) groups is 2. The second-order valence-electron chi connectivity index (χ2n) is 27.4. The fraction of sp³-hybridized carbons (Fsp3) is 0.759. The number of likely N-dealkylation sites (N-methyl/N-ethyl adjacent to an activating group) is 1. The summed E-state index contributed by atoms with van der Waals surface area (Å²) in [5, 5.41) is 0. The SMILES string of the molecule is CC/C=C\C/C=C\C/C=C\C/C=C\C/C=C\C/C=C\C/C=C\C/C=C\C/C=C\CCCCCCCCCC(=O)OC(COC(=O)CCCCCCCCCCCCCCCCCCCCCCCCCCCCCCCCCCCC)COP(=O)(O)OCC[N+](C)(C)C. The third-order valence-corrected chi connectivity index (χ3v) is 18.1. The van der Waals surface area contributed by atoms with Gasteiger partial charge in [-0.1, -0.05) is 367 Å². The fourth-order valence-electron chi connectivity index (χ4n) is 11.1. The van der Waals surface area contributed by atoms with E-state index in [0.29, 0.717) is 17.4 Å². The largest absolute Gasteiger partial charge is 0.472 e. The highest BCUT2D eigenvalue weighted by Gasteiger charge is 2.27. The molecule has 538 valence electrons. The molecule has 0 amide bonds. The van der Waals surface area contributed by atoms with Crippen molar-refractivity contribution in [1.82, 2.24) is 0 Å². The van der Waals surface area contributed by atoms with Crippen molar-refractivity contribution in [1.29, 1.82) is 0 Å². The minimum Gasteiger partial charge on any atom is -0.462 e. The molecule has 0 bridgehead atoms. The van der Waals surface area contributed by atoms with Crippen LogP contribution in [0.4, 0.5) is 0 Å². The van der Waals surface area contributed by atoms with Crippen molar-refractivity contribution in [3.05, 3.63) is 109 Å². The molecule has 0 aliphatic rings. The Kier molecular flexibility index (Phi) is 70.3. The monoisotopic (exact) mass is 1320 g/mol. The van der Waals surface area contributed by atoms with Crippen molar-refractivity contribution in [2.24, 2.45) is 0 Å². The van der Waals surface area contributed by atoms with Crippen LogP contribution in [0.3, 0.4) is 0 Å². The highest BCUT2D eigenvalue weighted by molar-refractivity contribution is 7.47. The lowest BCUT2D eigenvalue weighted by molar-refractivity contribution is -0.870. The van der Waals surface area contributed by atoms with Crippen molar-refractivity contribution in [3.8, 4) is 0 Å². The van der Waals surface area contributed by atoms with Gasteiger partial charge in [0, 0.05) is 12.8 Å². The first kappa shape index (κ1) is 89.7. The normalized spacial score (nSPS) is 13.7. The van der Waals surface area contributed by atoms with E-state index in [4.69, 9.17) is 18.5 Å². The van der Waals surface area contributed by atoms with Crippen LogP contribution in [0.15, 0.2) is 109 Å². The number of nitrogens with zero attached hydrogens (tertiary/aromatic N) is 1. The zero-order chi connectivity index (χ0) is 67.6. The lowest BCUT2D eigenvalue weighted by Crippen LogP contribution is -2.37. The number of esters is 2. The number of phosphoric acid groups is 1. The van der Waals surface area contributed by atoms with Crippen molar-refractivity contribution < 1.29 is 42.1 Å². The molecular formula is C83H149NO8P+. The molecule has 0 aromatic rings. The minimum absolute atomic E-state index is 0.0259. The minimum atomic E-state index is -4.40. The molecule has 0 radical (unpaired) electrons. The van der Waals surface area contributed by atoms with E-state index in [0.717, 1.165) is 103 Å². The topological polar surface area (TPSA) is 108 Å². The van der Waals surface area contributed by atoms with Gasteiger partial charge in [-0.05, 0) is 83.5 Å². The average Bonchev–Trinajstić information content (AvgIpc) is 2.44. The molecule has 0 aromatic heterocycles. The standard InChI is InChI=1S/C83H148NO8P/c1-6-8-10-12-14-16-18-20-22-24-26-28-30-32-34-36-38-40-42-44-46-48-50-52-54-56-58-60-62-64-66-68-70-72-74-76-83(86)92-81(80-91-93(87,88)90-78-77-84(3,4)5)79-89-82(85)75-73-71-69-67-65-63-61-59-57-55-53-51-49-47-45-43-41-39-37-35-33-31-29-27-25-23-21-19-17-15-13-11-9-7-2/h8,10,14,16,20,22,26,28,32,34,38,40,44,46,50,52,56,58,81H,6-7,9,11-13,15,17-19,21,23-25,27,29-31,33,35-37,39,41-43,45,47-49,51,53-55,57,59-80H2,1-5H3/p+1/b10-8-,16-14-,22-20-,28-26-,34-32-,40-38-,46-44-,52-50-,58-56-. The van der Waals surface area contributed by atoms with Crippen molar-refractivity contribution in [2.75, 3.05) is 47.5 Å². The lowest BCUT2D eigenvalue weighted by Gasteiger charge is -2.24. The third kappa shape index (κ3) is 77.6. The number of phosphoric ester groups is 1. The number of rotatable bonds is 72. The Bertz CT molecular complexity index is 1940. The molecule has 2 unspecified atom stereocenters. The number of ether oxygens (including phenoxy) is 2. The maximum atomic E-state index is 12.9. The second kappa shape index (κ2) is 72.9. The van der Waals surface area contributed by atoms with Gasteiger partial charge in [-0.2, -0.15) is 0 Å². The summed E-state index contributed by atoms with van der Waals surface area (Å²) in [6.07, 6.45) is 104. The molecule has 0 rings (SSSR count). The van der Waals surface area contributed by atoms with Gasteiger partial charge in [-0.3, -0.25) is 18.6 Å². The molecule has 9 nitrogen and oxygen atoms in total. The number of quaternary nitrogens is 1. The average molecular weight is 1320 g/mol. The molecule has 0 fully saturated rings. The molecule has 0 saturated heterocycles. The molecule has 0 saturated carbocycles. The molecule has 0 aromatic carbocycles. The van der Waals surface area contributed by atoms with Crippen LogP contribution < -0.4 is 0 Å².